The zero-order valence-corrected chi connectivity index (χ0v) is 12.6. The monoisotopic (exact) mass is 326 g/mol. The van der Waals surface area contributed by atoms with E-state index in [4.69, 9.17) is 4.74 Å². The van der Waals surface area contributed by atoms with Gasteiger partial charge in [-0.15, -0.1) is 0 Å². The molecule has 2 N–H and O–H groups in total. The van der Waals surface area contributed by atoms with Gasteiger partial charge >= 0.3 is 0 Å². The van der Waals surface area contributed by atoms with E-state index in [1.54, 1.807) is 7.11 Å². The van der Waals surface area contributed by atoms with Crippen LogP contribution in [0.4, 0.5) is 5.69 Å². The maximum atomic E-state index is 11.9. The quantitative estimate of drug-likeness (QED) is 0.874. The molecule has 1 aromatic carbocycles. The number of carbonyl (C=O) groups is 1. The van der Waals surface area contributed by atoms with Gasteiger partial charge < -0.3 is 15.4 Å². The molecule has 2 atom stereocenters. The van der Waals surface area contributed by atoms with Crippen LogP contribution in [0.2, 0.25) is 0 Å². The average Bonchev–Trinajstić information content (AvgIpc) is 2.86. The van der Waals surface area contributed by atoms with Gasteiger partial charge in [0.25, 0.3) is 0 Å². The van der Waals surface area contributed by atoms with Crippen LogP contribution in [0.1, 0.15) is 19.3 Å². The Labute approximate surface area is 122 Å². The number of ether oxygens (including phenoxy) is 1. The summed E-state index contributed by atoms with van der Waals surface area (Å²) in [5, 5.41) is 6.15. The van der Waals surface area contributed by atoms with Crippen LogP contribution in [0.5, 0.6) is 0 Å². The van der Waals surface area contributed by atoms with E-state index in [2.05, 4.69) is 26.6 Å². The lowest BCUT2D eigenvalue weighted by atomic mass is 10.2. The van der Waals surface area contributed by atoms with Gasteiger partial charge in [0.1, 0.15) is 0 Å². The number of anilines is 1. The first-order chi connectivity index (χ1) is 9.20. The minimum absolute atomic E-state index is 0.0337. The highest BCUT2D eigenvalue weighted by atomic mass is 79.9. The van der Waals surface area contributed by atoms with Gasteiger partial charge in [-0.25, -0.2) is 0 Å². The van der Waals surface area contributed by atoms with Gasteiger partial charge in [-0.1, -0.05) is 12.1 Å². The molecule has 4 nitrogen and oxygen atoms in total. The summed E-state index contributed by atoms with van der Waals surface area (Å²) in [5.41, 5.74) is 0.795. The van der Waals surface area contributed by atoms with Gasteiger partial charge in [0.05, 0.1) is 18.3 Å². The van der Waals surface area contributed by atoms with Crippen LogP contribution in [0.25, 0.3) is 0 Å². The summed E-state index contributed by atoms with van der Waals surface area (Å²) in [7, 11) is 1.73. The first-order valence-electron chi connectivity index (χ1n) is 6.51. The van der Waals surface area contributed by atoms with Crippen LogP contribution in [0.15, 0.2) is 28.7 Å². The maximum absolute atomic E-state index is 11.9. The Hall–Kier alpha value is -0.910. The normalized spacial score (nSPS) is 22.4. The largest absolute Gasteiger partial charge is 0.380 e. The molecular weight excluding hydrogens is 308 g/mol. The third-order valence-electron chi connectivity index (χ3n) is 3.43. The molecule has 0 bridgehead atoms. The van der Waals surface area contributed by atoms with Crippen LogP contribution in [0, 0.1) is 0 Å². The molecule has 0 radical (unpaired) electrons. The topological polar surface area (TPSA) is 50.4 Å². The second-order valence-corrected chi connectivity index (χ2v) is 5.57. The van der Waals surface area contributed by atoms with Gasteiger partial charge in [-0.2, -0.15) is 0 Å². The number of hydrogen-bond donors (Lipinski definition) is 2. The van der Waals surface area contributed by atoms with Crippen LogP contribution >= 0.6 is 15.9 Å². The van der Waals surface area contributed by atoms with Crippen LogP contribution in [-0.2, 0) is 9.53 Å². The third-order valence-corrected chi connectivity index (χ3v) is 4.12. The van der Waals surface area contributed by atoms with Crippen molar-refractivity contribution in [3.05, 3.63) is 28.7 Å². The first-order valence-corrected chi connectivity index (χ1v) is 7.30. The fraction of sp³-hybridized carbons (Fsp3) is 0.500. The van der Waals surface area contributed by atoms with E-state index in [-0.39, 0.29) is 18.1 Å². The molecule has 0 aromatic heterocycles. The molecule has 0 aliphatic heterocycles. The Morgan fingerprint density at radius 1 is 1.42 bits per heavy atom. The van der Waals surface area contributed by atoms with Crippen molar-refractivity contribution in [2.75, 3.05) is 19.0 Å². The molecule has 1 aliphatic carbocycles. The number of carbonyl (C=O) groups excluding carboxylic acids is 1. The number of para-hydroxylation sites is 1. The number of hydrogen-bond acceptors (Lipinski definition) is 3. The zero-order chi connectivity index (χ0) is 13.7. The first kappa shape index (κ1) is 14.5. The third kappa shape index (κ3) is 4.03. The number of benzene rings is 1. The van der Waals surface area contributed by atoms with Crippen molar-refractivity contribution in [3.63, 3.8) is 0 Å². The summed E-state index contributed by atoms with van der Waals surface area (Å²) in [6.45, 7) is 0.311. The molecule has 2 unspecified atom stereocenters. The van der Waals surface area contributed by atoms with Gasteiger partial charge in [0.15, 0.2) is 0 Å². The van der Waals surface area contributed by atoms with E-state index in [1.807, 2.05) is 24.3 Å². The smallest absolute Gasteiger partial charge is 0.238 e. The van der Waals surface area contributed by atoms with E-state index >= 15 is 0 Å². The second-order valence-electron chi connectivity index (χ2n) is 4.72. The number of nitrogens with one attached hydrogen (secondary N) is 2. The molecule has 0 spiro atoms. The van der Waals surface area contributed by atoms with Gasteiger partial charge in [0.2, 0.25) is 5.91 Å². The predicted octanol–water partition coefficient (Wildman–Crippen LogP) is 2.54. The Kier molecular flexibility index (Phi) is 5.36. The Balaban J connectivity index is 1.80. The van der Waals surface area contributed by atoms with Crippen molar-refractivity contribution >= 4 is 27.5 Å². The number of methoxy groups -OCH3 is 1. The number of amides is 1. The molecule has 0 heterocycles. The van der Waals surface area contributed by atoms with E-state index in [1.165, 1.54) is 0 Å². The summed E-state index contributed by atoms with van der Waals surface area (Å²) < 4.78 is 6.28. The van der Waals surface area contributed by atoms with Gasteiger partial charge in [0, 0.05) is 17.6 Å². The minimum Gasteiger partial charge on any atom is -0.380 e. The fourth-order valence-electron chi connectivity index (χ4n) is 2.42. The maximum Gasteiger partial charge on any atom is 0.238 e. The predicted molar refractivity (Wildman–Crippen MR) is 79.2 cm³/mol. The van der Waals surface area contributed by atoms with Crippen LogP contribution < -0.4 is 10.6 Å². The zero-order valence-electron chi connectivity index (χ0n) is 11.0. The summed E-state index contributed by atoms with van der Waals surface area (Å²) in [6.07, 6.45) is 3.53. The van der Waals surface area contributed by atoms with Crippen molar-refractivity contribution < 1.29 is 9.53 Å². The molecule has 1 aromatic rings. The molecule has 2 rings (SSSR count). The molecule has 1 fully saturated rings. The van der Waals surface area contributed by atoms with Crippen molar-refractivity contribution in [1.82, 2.24) is 5.32 Å². The number of halogens is 1. The molecule has 1 aliphatic rings. The molecule has 19 heavy (non-hydrogen) atoms. The molecular formula is C14H19BrN2O2. The van der Waals surface area contributed by atoms with Crippen molar-refractivity contribution in [2.45, 2.75) is 31.4 Å². The van der Waals surface area contributed by atoms with E-state index in [0.29, 0.717) is 6.54 Å². The highest BCUT2D eigenvalue weighted by Gasteiger charge is 2.26. The lowest BCUT2D eigenvalue weighted by Gasteiger charge is -2.19. The van der Waals surface area contributed by atoms with E-state index in [0.717, 1.165) is 29.4 Å². The van der Waals surface area contributed by atoms with Crippen molar-refractivity contribution in [1.29, 1.82) is 0 Å². The fourth-order valence-corrected chi connectivity index (χ4v) is 2.81. The summed E-state index contributed by atoms with van der Waals surface area (Å²) >= 11 is 3.41. The second kappa shape index (κ2) is 7.03. The minimum atomic E-state index is -0.0337. The molecule has 1 amide bonds. The van der Waals surface area contributed by atoms with Gasteiger partial charge in [-0.3, -0.25) is 4.79 Å². The van der Waals surface area contributed by atoms with Crippen LogP contribution in [0.3, 0.4) is 0 Å². The highest BCUT2D eigenvalue weighted by molar-refractivity contribution is 9.10. The van der Waals surface area contributed by atoms with E-state index < -0.39 is 0 Å². The summed E-state index contributed by atoms with van der Waals surface area (Å²) in [4.78, 5) is 11.9. The Bertz CT molecular complexity index is 439. The van der Waals surface area contributed by atoms with E-state index in [9.17, 15) is 4.79 Å². The Morgan fingerprint density at radius 3 is 2.95 bits per heavy atom. The van der Waals surface area contributed by atoms with Gasteiger partial charge in [-0.05, 0) is 47.3 Å². The van der Waals surface area contributed by atoms with Crippen molar-refractivity contribution in [2.24, 2.45) is 0 Å². The summed E-state index contributed by atoms with van der Waals surface area (Å²) in [5.74, 6) is -0.0337. The molecule has 0 saturated heterocycles. The highest BCUT2D eigenvalue weighted by Crippen LogP contribution is 2.22. The molecule has 104 valence electrons. The van der Waals surface area contributed by atoms with Crippen molar-refractivity contribution in [3.8, 4) is 0 Å². The lowest BCUT2D eigenvalue weighted by Crippen LogP contribution is -2.41. The Morgan fingerprint density at radius 2 is 2.21 bits per heavy atom. The average molecular weight is 327 g/mol. The molecule has 5 heteroatoms. The number of rotatable bonds is 5. The standard InChI is InChI=1S/C14H19BrN2O2/c1-19-13-8-4-7-12(13)16-9-14(18)17-11-6-3-2-5-10(11)15/h2-3,5-6,12-13,16H,4,7-9H2,1H3,(H,17,18). The lowest BCUT2D eigenvalue weighted by molar-refractivity contribution is -0.115. The SMILES string of the molecule is COC1CCCC1NCC(=O)Nc1ccccc1Br. The molecule has 1 saturated carbocycles. The summed E-state index contributed by atoms with van der Waals surface area (Å²) in [6, 6.07) is 7.87. The van der Waals surface area contributed by atoms with Crippen LogP contribution in [-0.4, -0.2) is 31.7 Å².